The average molecular weight is 406 g/mol. The highest BCUT2D eigenvalue weighted by Crippen LogP contribution is 2.58. The minimum atomic E-state index is -7.78. The van der Waals surface area contributed by atoms with E-state index in [4.69, 9.17) is 0 Å². The van der Waals surface area contributed by atoms with E-state index < -0.39 is 42.3 Å². The Labute approximate surface area is 130 Å². The van der Waals surface area contributed by atoms with E-state index >= 15 is 0 Å². The first-order chi connectivity index (χ1) is 10.8. The smallest absolute Gasteiger partial charge is 0.460 e. The van der Waals surface area contributed by atoms with Gasteiger partial charge in [-0.1, -0.05) is 6.58 Å². The molecule has 2 nitrogen and oxygen atoms in total. The summed E-state index contributed by atoms with van der Waals surface area (Å²) in [5, 5.41) is 0. The second-order valence-corrected chi connectivity index (χ2v) is 3.87. The van der Waals surface area contributed by atoms with E-state index in [2.05, 4.69) is 11.3 Å². The lowest BCUT2D eigenvalue weighted by Crippen LogP contribution is -2.67. The number of hydrogen-bond acceptors (Lipinski definition) is 2. The Morgan fingerprint density at radius 1 is 0.840 bits per heavy atom. The van der Waals surface area contributed by atoms with Crippen molar-refractivity contribution in [2.24, 2.45) is 0 Å². The molecule has 0 aliphatic rings. The molecule has 0 radical (unpaired) electrons. The van der Waals surface area contributed by atoms with Crippen LogP contribution in [0, 0.1) is 0 Å². The Bertz CT molecular complexity index is 466. The van der Waals surface area contributed by atoms with Crippen molar-refractivity contribution in [2.75, 3.05) is 7.11 Å². The van der Waals surface area contributed by atoms with Gasteiger partial charge in [-0.2, -0.15) is 48.3 Å². The molecular formula is C10H7F13O2. The summed E-state index contributed by atoms with van der Waals surface area (Å²) in [5.74, 6) is -30.5. The van der Waals surface area contributed by atoms with Gasteiger partial charge in [-0.15, -0.1) is 0 Å². The summed E-state index contributed by atoms with van der Waals surface area (Å²) < 4.78 is 159. The maximum atomic E-state index is 12.3. The summed E-state index contributed by atoms with van der Waals surface area (Å²) in [6.45, 7) is 3.16. The predicted molar refractivity (Wildman–Crippen MR) is 54.1 cm³/mol. The highest BCUT2D eigenvalue weighted by molar-refractivity contribution is 5.80. The van der Waals surface area contributed by atoms with Crippen molar-refractivity contribution in [1.29, 1.82) is 0 Å². The minimum absolute atomic E-state index is 0.394. The second-order valence-electron chi connectivity index (χ2n) is 3.87. The number of rotatable bonds is 5. The van der Waals surface area contributed by atoms with Crippen molar-refractivity contribution in [1.82, 2.24) is 0 Å². The molecule has 0 saturated carbocycles. The number of alkyl halides is 13. The number of methoxy groups -OCH3 is 1. The third-order valence-electron chi connectivity index (χ3n) is 2.21. The van der Waals surface area contributed by atoms with Gasteiger partial charge in [-0.3, -0.25) is 0 Å². The summed E-state index contributed by atoms with van der Waals surface area (Å²) in [6, 6.07) is 0. The molecule has 0 aliphatic heterocycles. The zero-order valence-electron chi connectivity index (χ0n) is 11.6. The molecule has 0 atom stereocenters. The van der Waals surface area contributed by atoms with Crippen LogP contribution in [0.25, 0.3) is 0 Å². The van der Waals surface area contributed by atoms with Crippen LogP contribution < -0.4 is 0 Å². The summed E-state index contributed by atoms with van der Waals surface area (Å²) in [6.07, 6.45) is -11.8. The van der Waals surface area contributed by atoms with Crippen LogP contribution >= 0.6 is 0 Å². The van der Waals surface area contributed by atoms with E-state index in [1.54, 1.807) is 0 Å². The van der Waals surface area contributed by atoms with Crippen LogP contribution in [-0.2, 0) is 9.53 Å². The van der Waals surface area contributed by atoms with Gasteiger partial charge in [0, 0.05) is 6.08 Å². The maximum Gasteiger partial charge on any atom is 0.460 e. The fourth-order valence-corrected chi connectivity index (χ4v) is 0.805. The van der Waals surface area contributed by atoms with Crippen molar-refractivity contribution in [3.05, 3.63) is 12.7 Å². The van der Waals surface area contributed by atoms with E-state index in [-0.39, 0.29) is 0 Å². The van der Waals surface area contributed by atoms with E-state index in [1.807, 2.05) is 0 Å². The van der Waals surface area contributed by atoms with Gasteiger partial charge >= 0.3 is 42.3 Å². The van der Waals surface area contributed by atoms with Crippen LogP contribution in [0.4, 0.5) is 57.1 Å². The lowest BCUT2D eigenvalue weighted by molar-refractivity contribution is -0.430. The molecule has 0 amide bonds. The molecule has 0 heterocycles. The number of halogens is 13. The van der Waals surface area contributed by atoms with Crippen molar-refractivity contribution >= 4 is 5.97 Å². The normalized spacial score (nSPS) is 13.9. The molecule has 15 heteroatoms. The SMILES string of the molecule is C=CC(=O)OC.FC(F)C(F)(F)C(F)(F)C(F)(F)C(F)(F)C(F)(F)F. The quantitative estimate of drug-likeness (QED) is 0.376. The van der Waals surface area contributed by atoms with Crippen molar-refractivity contribution < 1.29 is 66.6 Å². The third-order valence-corrected chi connectivity index (χ3v) is 2.21. The molecule has 0 aromatic carbocycles. The van der Waals surface area contributed by atoms with E-state index in [0.29, 0.717) is 0 Å². The van der Waals surface area contributed by atoms with Crippen LogP contribution in [0.5, 0.6) is 0 Å². The predicted octanol–water partition coefficient (Wildman–Crippen LogP) is 4.70. The number of hydrogen-bond donors (Lipinski definition) is 0. The topological polar surface area (TPSA) is 26.3 Å². The standard InChI is InChI=1S/C6HF13.C4H6O2/c7-1(8)2(9,10)3(11,12)4(13,14)5(15,16)6(17,18)19;1-3-4(5)6-2/h1H;3H,1H2,2H3. The zero-order valence-corrected chi connectivity index (χ0v) is 11.6. The van der Waals surface area contributed by atoms with Gasteiger partial charge in [0.15, 0.2) is 0 Å². The molecule has 0 rings (SSSR count). The first kappa shape index (κ1) is 25.5. The van der Waals surface area contributed by atoms with Crippen molar-refractivity contribution in [2.45, 2.75) is 36.3 Å². The second kappa shape index (κ2) is 7.68. The minimum Gasteiger partial charge on any atom is -0.466 e. The Hall–Kier alpha value is -1.70. The van der Waals surface area contributed by atoms with Gasteiger partial charge in [0.25, 0.3) is 0 Å². The number of carbonyl (C=O) groups excluding carboxylic acids is 1. The van der Waals surface area contributed by atoms with E-state index in [1.165, 1.54) is 7.11 Å². The van der Waals surface area contributed by atoms with Gasteiger partial charge in [0.2, 0.25) is 0 Å². The lowest BCUT2D eigenvalue weighted by Gasteiger charge is -2.36. The molecule has 0 aromatic heterocycles. The van der Waals surface area contributed by atoms with Crippen LogP contribution in [-0.4, -0.2) is 49.4 Å². The summed E-state index contributed by atoms with van der Waals surface area (Å²) in [5.41, 5.74) is 0. The molecule has 0 N–H and O–H groups in total. The fourth-order valence-electron chi connectivity index (χ4n) is 0.805. The first-order valence-electron chi connectivity index (χ1n) is 5.32. The highest BCUT2D eigenvalue weighted by atomic mass is 19.4. The fraction of sp³-hybridized carbons (Fsp3) is 0.700. The van der Waals surface area contributed by atoms with Gasteiger partial charge in [0.05, 0.1) is 7.11 Å². The average Bonchev–Trinajstić information content (AvgIpc) is 2.44. The molecular weight excluding hydrogens is 399 g/mol. The van der Waals surface area contributed by atoms with E-state index in [9.17, 15) is 61.9 Å². The zero-order chi connectivity index (χ0) is 21.1. The molecule has 0 saturated heterocycles. The van der Waals surface area contributed by atoms with Crippen LogP contribution in [0.2, 0.25) is 0 Å². The maximum absolute atomic E-state index is 12.3. The van der Waals surface area contributed by atoms with Crippen LogP contribution in [0.3, 0.4) is 0 Å². The monoisotopic (exact) mass is 406 g/mol. The molecule has 0 spiro atoms. The number of carbonyl (C=O) groups is 1. The van der Waals surface area contributed by atoms with Gasteiger partial charge in [-0.25, -0.2) is 13.6 Å². The van der Waals surface area contributed by atoms with Crippen molar-refractivity contribution in [3.8, 4) is 0 Å². The van der Waals surface area contributed by atoms with Crippen LogP contribution in [0.1, 0.15) is 0 Å². The first-order valence-corrected chi connectivity index (χ1v) is 5.32. The molecule has 0 aliphatic carbocycles. The van der Waals surface area contributed by atoms with Crippen molar-refractivity contribution in [3.63, 3.8) is 0 Å². The van der Waals surface area contributed by atoms with Crippen LogP contribution in [0.15, 0.2) is 12.7 Å². The number of esters is 1. The van der Waals surface area contributed by atoms with E-state index in [0.717, 1.165) is 6.08 Å². The molecule has 150 valence electrons. The Morgan fingerprint density at radius 2 is 1.20 bits per heavy atom. The molecule has 0 fully saturated rings. The van der Waals surface area contributed by atoms with Gasteiger partial charge < -0.3 is 4.74 Å². The Morgan fingerprint density at radius 3 is 1.36 bits per heavy atom. The third kappa shape index (κ3) is 4.68. The number of ether oxygens (including phenoxy) is 1. The molecule has 0 unspecified atom stereocenters. The van der Waals surface area contributed by atoms with Gasteiger partial charge in [-0.05, 0) is 0 Å². The summed E-state index contributed by atoms with van der Waals surface area (Å²) >= 11 is 0. The lowest BCUT2D eigenvalue weighted by atomic mass is 9.98. The molecule has 25 heavy (non-hydrogen) atoms. The van der Waals surface area contributed by atoms with Gasteiger partial charge in [0.1, 0.15) is 0 Å². The summed E-state index contributed by atoms with van der Waals surface area (Å²) in [7, 11) is 1.31. The largest absolute Gasteiger partial charge is 0.466 e. The summed E-state index contributed by atoms with van der Waals surface area (Å²) in [4.78, 5) is 9.84. The molecule has 0 bridgehead atoms. The molecule has 0 aromatic rings. The highest BCUT2D eigenvalue weighted by Gasteiger charge is 2.88. The Kier molecular flexibility index (Phi) is 7.84. The Balaban J connectivity index is 0.